The quantitative estimate of drug-likeness (QED) is 0.0982. The number of anilines is 1. The average molecular weight is 902 g/mol. The number of aliphatic hydroxyl groups is 2. The van der Waals surface area contributed by atoms with Crippen molar-refractivity contribution in [2.45, 2.75) is 49.3 Å². The lowest BCUT2D eigenvalue weighted by Gasteiger charge is -2.24. The summed E-state index contributed by atoms with van der Waals surface area (Å²) >= 11 is 6.61. The maximum Gasteiger partial charge on any atom is 0.304 e. The maximum atomic E-state index is 15.6. The van der Waals surface area contributed by atoms with Crippen LogP contribution in [0.4, 0.5) is 32.2 Å². The van der Waals surface area contributed by atoms with E-state index in [0.717, 1.165) is 18.4 Å². The molecule has 0 bridgehead atoms. The van der Waals surface area contributed by atoms with Gasteiger partial charge in [0.05, 0.1) is 53.0 Å². The Morgan fingerprint density at radius 3 is 2.48 bits per heavy atom. The summed E-state index contributed by atoms with van der Waals surface area (Å²) in [5, 5.41) is 31.9. The van der Waals surface area contributed by atoms with Gasteiger partial charge < -0.3 is 20.3 Å². The SMILES string of the molecule is Cn1nc(NS(C)(=O)=O)c2c(Cl)ccc(-c3ccc(C#CC4(O)COC[C@H]4CCO)nc3[C@H](Cc3cc(F)cc(F)c3)NC(=O)Cn3nc(C(F)F)c4c3C(F)(F)[C@@H]3C#C[C@H]43)c21. The van der Waals surface area contributed by atoms with E-state index in [1.165, 1.54) is 29.9 Å². The Kier molecular flexibility index (Phi) is 11.1. The van der Waals surface area contributed by atoms with Crippen LogP contribution in [0.2, 0.25) is 5.02 Å². The summed E-state index contributed by atoms with van der Waals surface area (Å²) < 4.78 is 123. The van der Waals surface area contributed by atoms with Gasteiger partial charge in [-0.3, -0.25) is 18.9 Å². The summed E-state index contributed by atoms with van der Waals surface area (Å²) in [6.07, 6.45) is -2.57. The molecule has 1 unspecified atom stereocenters. The number of benzene rings is 2. The lowest BCUT2D eigenvalue weighted by molar-refractivity contribution is -0.123. The Hall–Kier alpha value is -5.64. The lowest BCUT2D eigenvalue weighted by atomic mass is 9.84. The number of halogens is 7. The van der Waals surface area contributed by atoms with Crippen molar-refractivity contribution in [3.63, 3.8) is 0 Å². The second-order valence-electron chi connectivity index (χ2n) is 15.3. The molecule has 0 radical (unpaired) electrons. The number of alkyl halides is 4. The number of nitrogens with zero attached hydrogens (tertiary/aromatic N) is 5. The number of amides is 1. The van der Waals surface area contributed by atoms with Crippen LogP contribution in [-0.4, -0.2) is 80.8 Å². The van der Waals surface area contributed by atoms with Crippen LogP contribution in [0.5, 0.6) is 0 Å². The summed E-state index contributed by atoms with van der Waals surface area (Å²) in [4.78, 5) is 18.9. The first-order valence-electron chi connectivity index (χ1n) is 18.9. The van der Waals surface area contributed by atoms with Gasteiger partial charge in [0.25, 0.3) is 6.43 Å². The number of carbonyl (C=O) groups excluding carboxylic acids is 1. The monoisotopic (exact) mass is 901 g/mol. The van der Waals surface area contributed by atoms with E-state index < -0.39 is 99.2 Å². The topological polar surface area (TPSA) is 173 Å². The number of aromatic nitrogens is 5. The van der Waals surface area contributed by atoms with E-state index >= 15 is 8.78 Å². The molecule has 0 saturated carbocycles. The first-order valence-corrected chi connectivity index (χ1v) is 21.2. The van der Waals surface area contributed by atoms with E-state index in [4.69, 9.17) is 21.3 Å². The highest BCUT2D eigenvalue weighted by Crippen LogP contribution is 2.57. The number of aryl methyl sites for hydroxylation is 1. The molecular weight excluding hydrogens is 868 g/mol. The summed E-state index contributed by atoms with van der Waals surface area (Å²) in [5.74, 6) is 0.259. The summed E-state index contributed by atoms with van der Waals surface area (Å²) in [5.41, 5.74) is -3.18. The number of hydrogen-bond donors (Lipinski definition) is 4. The fraction of sp³-hybridized carbons (Fsp3) is 0.366. The smallest absolute Gasteiger partial charge is 0.304 e. The summed E-state index contributed by atoms with van der Waals surface area (Å²) in [6.45, 7) is -1.31. The second kappa shape index (κ2) is 15.9. The predicted octanol–water partition coefficient (Wildman–Crippen LogP) is 5.11. The van der Waals surface area contributed by atoms with Crippen molar-refractivity contribution in [1.82, 2.24) is 29.9 Å². The molecule has 1 aliphatic heterocycles. The number of fused-ring (bicyclic) bond motifs is 4. The van der Waals surface area contributed by atoms with E-state index in [1.54, 1.807) is 6.07 Å². The van der Waals surface area contributed by atoms with Gasteiger partial charge in [0.2, 0.25) is 15.9 Å². The van der Waals surface area contributed by atoms with Crippen molar-refractivity contribution < 1.29 is 54.5 Å². The largest absolute Gasteiger partial charge is 0.396 e. The standard InChI is InChI=1S/C41H34ClF6N7O6S/c1-54-36-26(6-8-29(42)33(36)39(52-54)53-62(2,59)60)25-4-3-24(9-11-40(58)19-61-18-21(40)10-12-56)49-34(25)30(15-20-13-22(43)16-23(44)14-20)50-31(57)17-55-37-32(35(51-55)38(45)46)27-5-7-28(27)41(37,47)48/h3-4,6,8,13-14,16,21,27-28,30,38,56,58H,10,12,15,17-19H2,1-2H3,(H,50,57)(H,52,53)/t21-,27+,28-,30+,40?/m1/s1. The molecule has 3 aromatic heterocycles. The van der Waals surface area contributed by atoms with Crippen molar-refractivity contribution in [2.24, 2.45) is 18.9 Å². The minimum Gasteiger partial charge on any atom is -0.396 e. The highest BCUT2D eigenvalue weighted by atomic mass is 35.5. The van der Waals surface area contributed by atoms with Gasteiger partial charge in [-0.05, 0) is 54.7 Å². The first-order chi connectivity index (χ1) is 29.3. The predicted molar refractivity (Wildman–Crippen MR) is 211 cm³/mol. The van der Waals surface area contributed by atoms with Crippen LogP contribution >= 0.6 is 11.6 Å². The molecule has 8 rings (SSSR count). The van der Waals surface area contributed by atoms with E-state index in [0.29, 0.717) is 16.3 Å². The molecule has 2 aromatic carbocycles. The Bertz CT molecular complexity index is 2880. The Morgan fingerprint density at radius 1 is 1.10 bits per heavy atom. The van der Waals surface area contributed by atoms with E-state index in [-0.39, 0.29) is 70.5 Å². The van der Waals surface area contributed by atoms with Crippen LogP contribution in [0.3, 0.4) is 0 Å². The molecule has 21 heteroatoms. The third-order valence-corrected chi connectivity index (χ3v) is 11.8. The van der Waals surface area contributed by atoms with E-state index in [2.05, 4.69) is 43.9 Å². The zero-order valence-corrected chi connectivity index (χ0v) is 34.1. The normalized spacial score (nSPS) is 21.4. The number of aliphatic hydroxyl groups excluding tert-OH is 1. The molecule has 5 atom stereocenters. The van der Waals surface area contributed by atoms with Gasteiger partial charge in [0, 0.05) is 42.3 Å². The van der Waals surface area contributed by atoms with Gasteiger partial charge in [-0.1, -0.05) is 35.4 Å². The Balaban J connectivity index is 1.28. The molecule has 2 aliphatic carbocycles. The molecule has 62 heavy (non-hydrogen) atoms. The van der Waals surface area contributed by atoms with Crippen molar-refractivity contribution in [3.8, 4) is 34.8 Å². The van der Waals surface area contributed by atoms with Gasteiger partial charge >= 0.3 is 5.92 Å². The fourth-order valence-corrected chi connectivity index (χ4v) is 8.94. The van der Waals surface area contributed by atoms with Gasteiger partial charge in [0.15, 0.2) is 11.4 Å². The van der Waals surface area contributed by atoms with Gasteiger partial charge in [0.1, 0.15) is 41.2 Å². The van der Waals surface area contributed by atoms with Crippen molar-refractivity contribution in [2.75, 3.05) is 30.8 Å². The first kappa shape index (κ1) is 43.0. The highest BCUT2D eigenvalue weighted by Gasteiger charge is 2.60. The van der Waals surface area contributed by atoms with Crippen LogP contribution in [0, 0.1) is 47.2 Å². The number of nitrogens with one attached hydrogen (secondary N) is 2. The molecule has 1 fully saturated rings. The third-order valence-electron chi connectivity index (χ3n) is 10.9. The van der Waals surface area contributed by atoms with Crippen LogP contribution in [0.25, 0.3) is 22.0 Å². The molecule has 1 saturated heterocycles. The Morgan fingerprint density at radius 2 is 1.82 bits per heavy atom. The number of carbonyl (C=O) groups is 1. The van der Waals surface area contributed by atoms with Crippen molar-refractivity contribution in [3.05, 3.63) is 93.0 Å². The highest BCUT2D eigenvalue weighted by molar-refractivity contribution is 7.92. The van der Waals surface area contributed by atoms with Crippen molar-refractivity contribution >= 4 is 44.3 Å². The van der Waals surface area contributed by atoms with Gasteiger partial charge in [-0.15, -0.1) is 0 Å². The zero-order chi connectivity index (χ0) is 44.5. The summed E-state index contributed by atoms with van der Waals surface area (Å²) in [7, 11) is -2.36. The number of pyridine rings is 1. The van der Waals surface area contributed by atoms with Crippen LogP contribution in [-0.2, 0) is 45.5 Å². The van der Waals surface area contributed by atoms with E-state index in [1.807, 2.05) is 0 Å². The number of sulfonamides is 1. The minimum atomic E-state index is -3.87. The van der Waals surface area contributed by atoms with Gasteiger partial charge in [-0.2, -0.15) is 19.0 Å². The summed E-state index contributed by atoms with van der Waals surface area (Å²) in [6, 6.07) is 7.24. The zero-order valence-electron chi connectivity index (χ0n) is 32.5. The Labute approximate surface area is 354 Å². The molecule has 3 aliphatic rings. The van der Waals surface area contributed by atoms with E-state index in [9.17, 15) is 41.0 Å². The molecule has 13 nitrogen and oxygen atoms in total. The fourth-order valence-electron chi connectivity index (χ4n) is 8.20. The maximum absolute atomic E-state index is 15.6. The van der Waals surface area contributed by atoms with Crippen LogP contribution in [0.15, 0.2) is 42.5 Å². The third kappa shape index (κ3) is 7.86. The molecular formula is C41H34ClF6N7O6S. The van der Waals surface area contributed by atoms with Crippen molar-refractivity contribution in [1.29, 1.82) is 0 Å². The molecule has 0 spiro atoms. The molecule has 1 amide bonds. The van der Waals surface area contributed by atoms with Crippen LogP contribution < -0.4 is 10.0 Å². The molecule has 4 heterocycles. The average Bonchev–Trinajstić information content (AvgIpc) is 3.85. The molecule has 4 N–H and O–H groups in total. The number of hydrogen-bond acceptors (Lipinski definition) is 9. The van der Waals surface area contributed by atoms with Gasteiger partial charge in [-0.25, -0.2) is 31.0 Å². The number of rotatable bonds is 12. The second-order valence-corrected chi connectivity index (χ2v) is 17.4. The molecule has 5 aromatic rings. The van der Waals surface area contributed by atoms with Crippen LogP contribution in [0.1, 0.15) is 58.7 Å². The number of ether oxygens (including phenoxy) is 1. The minimum absolute atomic E-state index is 0.00273. The lowest BCUT2D eigenvalue weighted by Crippen LogP contribution is -2.36. The molecule has 324 valence electrons.